The second-order valence-electron chi connectivity index (χ2n) is 6.93. The molecule has 1 aromatic carbocycles. The highest BCUT2D eigenvalue weighted by atomic mass is 32.2. The number of thiazole rings is 1. The van der Waals surface area contributed by atoms with Crippen LogP contribution in [0.25, 0.3) is 0 Å². The topological polar surface area (TPSA) is 96.4 Å². The maximum atomic E-state index is 12.9. The summed E-state index contributed by atoms with van der Waals surface area (Å²) in [5.41, 5.74) is 3.08. The van der Waals surface area contributed by atoms with Crippen LogP contribution in [0.5, 0.6) is 0 Å². The summed E-state index contributed by atoms with van der Waals surface area (Å²) in [5, 5.41) is 7.85. The van der Waals surface area contributed by atoms with Crippen LogP contribution < -0.4 is 9.62 Å². The van der Waals surface area contributed by atoms with Crippen molar-refractivity contribution in [3.05, 3.63) is 57.4 Å². The van der Waals surface area contributed by atoms with Gasteiger partial charge in [-0.1, -0.05) is 18.2 Å². The summed E-state index contributed by atoms with van der Waals surface area (Å²) in [6.45, 7) is 0. The molecule has 10 heteroatoms. The lowest BCUT2D eigenvalue weighted by Gasteiger charge is -2.21. The summed E-state index contributed by atoms with van der Waals surface area (Å²) in [6, 6.07) is 8.83. The van der Waals surface area contributed by atoms with Crippen molar-refractivity contribution in [1.82, 2.24) is 4.98 Å². The summed E-state index contributed by atoms with van der Waals surface area (Å²) >= 11 is 2.65. The van der Waals surface area contributed by atoms with E-state index in [1.165, 1.54) is 27.0 Å². The number of sulfonamides is 1. The highest BCUT2D eigenvalue weighted by Crippen LogP contribution is 2.42. The van der Waals surface area contributed by atoms with Gasteiger partial charge < -0.3 is 14.9 Å². The zero-order chi connectivity index (χ0) is 21.3. The van der Waals surface area contributed by atoms with Crippen LogP contribution in [0, 0.1) is 5.92 Å². The molecule has 1 aliphatic rings. The molecule has 1 atom stereocenters. The van der Waals surface area contributed by atoms with E-state index in [1.54, 1.807) is 30.6 Å². The molecule has 7 nitrogen and oxygen atoms in total. The minimum Gasteiger partial charge on any atom is -0.374 e. The van der Waals surface area contributed by atoms with E-state index in [2.05, 4.69) is 10.3 Å². The van der Waals surface area contributed by atoms with Gasteiger partial charge in [0.15, 0.2) is 0 Å². The van der Waals surface area contributed by atoms with E-state index in [-0.39, 0.29) is 12.5 Å². The average molecular weight is 462 g/mol. The van der Waals surface area contributed by atoms with Crippen molar-refractivity contribution in [2.24, 2.45) is 5.92 Å². The lowest BCUT2D eigenvalue weighted by molar-refractivity contribution is -0.119. The number of nitrogens with zero attached hydrogens (tertiary/aromatic N) is 2. The fourth-order valence-electron chi connectivity index (χ4n) is 3.40. The van der Waals surface area contributed by atoms with Crippen LogP contribution in [-0.4, -0.2) is 33.0 Å². The van der Waals surface area contributed by atoms with Gasteiger partial charge in [0, 0.05) is 25.3 Å². The van der Waals surface area contributed by atoms with E-state index in [4.69, 9.17) is 0 Å². The molecule has 4 rings (SSSR count). The van der Waals surface area contributed by atoms with Gasteiger partial charge >= 0.3 is 0 Å². The molecule has 3 aromatic rings. The van der Waals surface area contributed by atoms with Crippen molar-refractivity contribution in [1.29, 1.82) is 0 Å². The molecule has 3 heterocycles. The smallest absolute Gasteiger partial charge is 0.273 e. The van der Waals surface area contributed by atoms with Crippen molar-refractivity contribution < 1.29 is 18.0 Å². The van der Waals surface area contributed by atoms with Crippen molar-refractivity contribution >= 4 is 56.6 Å². The molecule has 0 spiro atoms. The van der Waals surface area contributed by atoms with Crippen LogP contribution in [0.4, 0.5) is 11.4 Å². The van der Waals surface area contributed by atoms with Crippen LogP contribution in [0.1, 0.15) is 22.3 Å². The number of para-hydroxylation sites is 1. The Hall–Kier alpha value is -2.56. The molecule has 0 saturated heterocycles. The molecule has 0 saturated carbocycles. The summed E-state index contributed by atoms with van der Waals surface area (Å²) < 4.78 is 27.5. The largest absolute Gasteiger partial charge is 0.374 e. The molecular formula is C20H19N3O4S3. The molecule has 156 valence electrons. The number of thiophene rings is 1. The molecule has 1 unspecified atom stereocenters. The maximum Gasteiger partial charge on any atom is 0.273 e. The number of aldehydes is 2. The van der Waals surface area contributed by atoms with Gasteiger partial charge in [-0.05, 0) is 23.1 Å². The lowest BCUT2D eigenvalue weighted by Crippen LogP contribution is -2.26. The summed E-state index contributed by atoms with van der Waals surface area (Å²) in [5.74, 6) is -0.684. The van der Waals surface area contributed by atoms with Gasteiger partial charge in [0.25, 0.3) is 10.0 Å². The normalized spacial score (nSPS) is 15.6. The Balaban J connectivity index is 1.58. The highest BCUT2D eigenvalue weighted by Gasteiger charge is 2.31. The van der Waals surface area contributed by atoms with Crippen LogP contribution >= 0.6 is 22.7 Å². The van der Waals surface area contributed by atoms with Crippen LogP contribution in [0.15, 0.2) is 45.3 Å². The van der Waals surface area contributed by atoms with Gasteiger partial charge in [-0.15, -0.1) is 22.7 Å². The number of benzene rings is 1. The molecule has 0 aliphatic carbocycles. The van der Waals surface area contributed by atoms with Crippen LogP contribution in [-0.2, 0) is 32.5 Å². The van der Waals surface area contributed by atoms with E-state index >= 15 is 0 Å². The van der Waals surface area contributed by atoms with Gasteiger partial charge in [0.1, 0.15) is 21.8 Å². The molecule has 30 heavy (non-hydrogen) atoms. The van der Waals surface area contributed by atoms with E-state index in [0.29, 0.717) is 34.6 Å². The lowest BCUT2D eigenvalue weighted by atomic mass is 10.1. The van der Waals surface area contributed by atoms with E-state index in [1.807, 2.05) is 17.5 Å². The first-order valence-electron chi connectivity index (χ1n) is 9.19. The number of carbonyl (C=O) groups excluding carboxylic acids is 2. The van der Waals surface area contributed by atoms with Gasteiger partial charge in [-0.25, -0.2) is 13.4 Å². The Bertz CT molecular complexity index is 1160. The van der Waals surface area contributed by atoms with E-state index in [0.717, 1.165) is 16.3 Å². The van der Waals surface area contributed by atoms with Crippen molar-refractivity contribution in [3.8, 4) is 0 Å². The minimum absolute atomic E-state index is 0.0938. The first kappa shape index (κ1) is 20.7. The highest BCUT2D eigenvalue weighted by molar-refractivity contribution is 7.94. The van der Waals surface area contributed by atoms with Crippen molar-refractivity contribution in [3.63, 3.8) is 0 Å². The fraction of sp³-hybridized carbons (Fsp3) is 0.250. The predicted molar refractivity (Wildman–Crippen MR) is 118 cm³/mol. The Labute approximate surface area is 182 Å². The zero-order valence-corrected chi connectivity index (χ0v) is 18.5. The number of fused-ring (bicyclic) bond motifs is 1. The Morgan fingerprint density at radius 1 is 1.23 bits per heavy atom. The van der Waals surface area contributed by atoms with Crippen LogP contribution in [0.3, 0.4) is 0 Å². The van der Waals surface area contributed by atoms with E-state index in [9.17, 15) is 18.0 Å². The molecular weight excluding hydrogens is 442 g/mol. The van der Waals surface area contributed by atoms with Crippen molar-refractivity contribution in [2.75, 3.05) is 16.7 Å². The number of anilines is 2. The molecule has 2 aromatic heterocycles. The van der Waals surface area contributed by atoms with Crippen LogP contribution in [0.2, 0.25) is 0 Å². The number of aromatic nitrogens is 1. The Kier molecular flexibility index (Phi) is 5.72. The quantitative estimate of drug-likeness (QED) is 0.408. The van der Waals surface area contributed by atoms with Gasteiger partial charge in [0.2, 0.25) is 0 Å². The number of carbonyl (C=O) groups is 2. The summed E-state index contributed by atoms with van der Waals surface area (Å²) in [6.07, 6.45) is 2.22. The first-order valence-corrected chi connectivity index (χ1v) is 12.4. The van der Waals surface area contributed by atoms with E-state index < -0.39 is 15.9 Å². The Morgan fingerprint density at radius 2 is 2.03 bits per heavy atom. The monoisotopic (exact) mass is 461 g/mol. The predicted octanol–water partition coefficient (Wildman–Crippen LogP) is 3.30. The third-order valence-electron chi connectivity index (χ3n) is 4.98. The standard InChI is InChI=1S/C20H19N3O4S3/c1-23(30(26,27)18-6-3-7-28-18)17-5-2-4-14-9-16(22-19(14)17)20-21-15(12-29-20)8-13(10-24)11-25/h2-7,10-13,16,22H,8-9H2,1H3. The second kappa shape index (κ2) is 8.29. The van der Waals surface area contributed by atoms with Gasteiger partial charge in [0.05, 0.1) is 29.0 Å². The molecule has 1 N–H and O–H groups in total. The third-order valence-corrected chi connectivity index (χ3v) is 9.13. The van der Waals surface area contributed by atoms with Crippen molar-refractivity contribution in [2.45, 2.75) is 23.1 Å². The first-order chi connectivity index (χ1) is 14.4. The molecule has 0 amide bonds. The number of hydrogen-bond acceptors (Lipinski definition) is 8. The molecule has 1 aliphatic heterocycles. The SMILES string of the molecule is CN(c1cccc2c1NC(c1nc(CC(C=O)C=O)cs1)C2)S(=O)(=O)c1cccs1. The second-order valence-corrected chi connectivity index (χ2v) is 11.0. The average Bonchev–Trinajstić information content (AvgIpc) is 3.51. The fourth-order valence-corrected chi connectivity index (χ4v) is 6.65. The number of hydrogen-bond donors (Lipinski definition) is 1. The minimum atomic E-state index is -3.63. The maximum absolute atomic E-state index is 12.9. The third kappa shape index (κ3) is 3.78. The number of nitrogens with one attached hydrogen (secondary N) is 1. The summed E-state index contributed by atoms with van der Waals surface area (Å²) in [7, 11) is -2.08. The number of rotatable bonds is 8. The Morgan fingerprint density at radius 3 is 2.73 bits per heavy atom. The zero-order valence-electron chi connectivity index (χ0n) is 16.0. The molecule has 0 fully saturated rings. The van der Waals surface area contributed by atoms with Gasteiger partial charge in [-0.3, -0.25) is 4.31 Å². The molecule has 0 bridgehead atoms. The van der Waals surface area contributed by atoms with Gasteiger partial charge in [-0.2, -0.15) is 0 Å². The summed E-state index contributed by atoms with van der Waals surface area (Å²) in [4.78, 5) is 26.4. The molecule has 0 radical (unpaired) electrons.